The molecule has 0 N–H and O–H groups in total. The zero-order chi connectivity index (χ0) is 18.6. The van der Waals surface area contributed by atoms with Crippen molar-refractivity contribution in [1.82, 2.24) is 24.9 Å². The number of carbonyl (C=O) groups is 1. The predicted octanol–water partition coefficient (Wildman–Crippen LogP) is 2.39. The minimum Gasteiger partial charge on any atom is -0.360 e. The van der Waals surface area contributed by atoms with E-state index in [1.807, 2.05) is 41.5 Å². The number of aromatic nitrogens is 3. The quantitative estimate of drug-likeness (QED) is 0.673. The molecule has 1 aliphatic heterocycles. The summed E-state index contributed by atoms with van der Waals surface area (Å²) in [5.74, 6) is 1.000. The molecule has 27 heavy (non-hydrogen) atoms. The van der Waals surface area contributed by atoms with Crippen molar-refractivity contribution in [2.24, 2.45) is 0 Å². The van der Waals surface area contributed by atoms with Crippen LogP contribution < -0.4 is 0 Å². The molecule has 3 aromatic rings. The summed E-state index contributed by atoms with van der Waals surface area (Å²) < 4.78 is 5.27. The van der Waals surface area contributed by atoms with Gasteiger partial charge in [-0.15, -0.1) is 11.3 Å². The molecule has 0 spiro atoms. The lowest BCUT2D eigenvalue weighted by atomic mass is 10.2. The fraction of sp³-hybridized carbons (Fsp3) is 0.368. The van der Waals surface area contributed by atoms with Gasteiger partial charge in [-0.25, -0.2) is 4.98 Å². The molecule has 0 aliphatic carbocycles. The summed E-state index contributed by atoms with van der Waals surface area (Å²) in [6.07, 6.45) is 2.09. The van der Waals surface area contributed by atoms with E-state index in [9.17, 15) is 4.79 Å². The summed E-state index contributed by atoms with van der Waals surface area (Å²) in [4.78, 5) is 25.7. The second-order valence-corrected chi connectivity index (χ2v) is 7.49. The standard InChI is InChI=1S/C19H21N5O2S/c1-14-10-16(26-22-14)12-23-6-8-24(9-7-23)18(25)11-15-13-27-19(21-15)17-4-2-3-5-20-17/h2-5,10,13H,6-9,11-12H2,1H3. The highest BCUT2D eigenvalue weighted by atomic mass is 32.1. The van der Waals surface area contributed by atoms with E-state index in [1.54, 1.807) is 6.20 Å². The number of hydrogen-bond donors (Lipinski definition) is 0. The van der Waals surface area contributed by atoms with Crippen molar-refractivity contribution in [2.75, 3.05) is 26.2 Å². The Kier molecular flexibility index (Phi) is 5.26. The Balaban J connectivity index is 1.29. The van der Waals surface area contributed by atoms with E-state index in [2.05, 4.69) is 20.0 Å². The van der Waals surface area contributed by atoms with Crippen molar-refractivity contribution in [1.29, 1.82) is 0 Å². The van der Waals surface area contributed by atoms with E-state index in [0.717, 1.165) is 60.6 Å². The smallest absolute Gasteiger partial charge is 0.228 e. The van der Waals surface area contributed by atoms with Crippen LogP contribution in [0.1, 0.15) is 17.1 Å². The highest BCUT2D eigenvalue weighted by molar-refractivity contribution is 7.13. The van der Waals surface area contributed by atoms with E-state index in [1.165, 1.54) is 11.3 Å². The third-order valence-electron chi connectivity index (χ3n) is 4.55. The second-order valence-electron chi connectivity index (χ2n) is 6.63. The van der Waals surface area contributed by atoms with Crippen molar-refractivity contribution in [3.05, 3.63) is 53.0 Å². The maximum absolute atomic E-state index is 12.6. The fourth-order valence-corrected chi connectivity index (χ4v) is 3.92. The molecule has 1 saturated heterocycles. The molecule has 4 heterocycles. The number of rotatable bonds is 5. The Morgan fingerprint density at radius 3 is 2.81 bits per heavy atom. The lowest BCUT2D eigenvalue weighted by Crippen LogP contribution is -2.48. The van der Waals surface area contributed by atoms with E-state index >= 15 is 0 Å². The summed E-state index contributed by atoms with van der Waals surface area (Å²) in [7, 11) is 0. The van der Waals surface area contributed by atoms with Gasteiger partial charge in [0.2, 0.25) is 5.91 Å². The number of aryl methyl sites for hydroxylation is 1. The number of carbonyl (C=O) groups excluding carboxylic acids is 1. The first-order chi connectivity index (χ1) is 13.2. The molecule has 1 aliphatic rings. The molecule has 0 aromatic carbocycles. The van der Waals surface area contributed by atoms with E-state index in [4.69, 9.17) is 4.52 Å². The van der Waals surface area contributed by atoms with Crippen LogP contribution in [0.15, 0.2) is 40.4 Å². The number of piperazine rings is 1. The molecule has 1 fully saturated rings. The van der Waals surface area contributed by atoms with Gasteiger partial charge in [-0.1, -0.05) is 11.2 Å². The molecule has 3 aromatic heterocycles. The van der Waals surface area contributed by atoms with Crippen LogP contribution in [0.25, 0.3) is 10.7 Å². The zero-order valence-electron chi connectivity index (χ0n) is 15.2. The summed E-state index contributed by atoms with van der Waals surface area (Å²) in [5.41, 5.74) is 2.55. The highest BCUT2D eigenvalue weighted by Gasteiger charge is 2.22. The third kappa shape index (κ3) is 4.40. The Morgan fingerprint density at radius 2 is 2.11 bits per heavy atom. The van der Waals surface area contributed by atoms with Crippen LogP contribution in [-0.4, -0.2) is 57.0 Å². The monoisotopic (exact) mass is 383 g/mol. The van der Waals surface area contributed by atoms with Gasteiger partial charge in [-0.05, 0) is 19.1 Å². The molecule has 4 rings (SSSR count). The Hall–Kier alpha value is -2.58. The van der Waals surface area contributed by atoms with Crippen molar-refractivity contribution in [2.45, 2.75) is 19.9 Å². The maximum Gasteiger partial charge on any atom is 0.228 e. The average molecular weight is 383 g/mol. The van der Waals surface area contributed by atoms with Gasteiger partial charge in [0.25, 0.3) is 0 Å². The summed E-state index contributed by atoms with van der Waals surface area (Å²) in [6.45, 7) is 5.78. The lowest BCUT2D eigenvalue weighted by Gasteiger charge is -2.34. The van der Waals surface area contributed by atoms with Gasteiger partial charge in [0.15, 0.2) is 5.76 Å². The molecule has 0 atom stereocenters. The number of nitrogens with zero attached hydrogens (tertiary/aromatic N) is 5. The van der Waals surface area contributed by atoms with Gasteiger partial charge in [0.05, 0.1) is 30.0 Å². The van der Waals surface area contributed by atoms with Crippen molar-refractivity contribution in [3.8, 4) is 10.7 Å². The van der Waals surface area contributed by atoms with Crippen LogP contribution in [0.3, 0.4) is 0 Å². The molecular formula is C19H21N5O2S. The van der Waals surface area contributed by atoms with Gasteiger partial charge in [-0.2, -0.15) is 0 Å². The number of pyridine rings is 1. The van der Waals surface area contributed by atoms with E-state index in [0.29, 0.717) is 6.42 Å². The zero-order valence-corrected chi connectivity index (χ0v) is 16.0. The molecule has 0 radical (unpaired) electrons. The number of amides is 1. The first-order valence-corrected chi connectivity index (χ1v) is 9.83. The van der Waals surface area contributed by atoms with Crippen LogP contribution >= 0.6 is 11.3 Å². The molecule has 140 valence electrons. The Bertz CT molecular complexity index is 900. The normalized spacial score (nSPS) is 15.2. The molecule has 7 nitrogen and oxygen atoms in total. The molecule has 0 unspecified atom stereocenters. The van der Waals surface area contributed by atoms with Crippen molar-refractivity contribution < 1.29 is 9.32 Å². The second kappa shape index (κ2) is 7.98. The van der Waals surface area contributed by atoms with Crippen LogP contribution in [0.4, 0.5) is 0 Å². The lowest BCUT2D eigenvalue weighted by molar-refractivity contribution is -0.132. The van der Waals surface area contributed by atoms with Gasteiger partial charge >= 0.3 is 0 Å². The average Bonchev–Trinajstić information content (AvgIpc) is 3.32. The predicted molar refractivity (Wildman–Crippen MR) is 102 cm³/mol. The largest absolute Gasteiger partial charge is 0.360 e. The van der Waals surface area contributed by atoms with Crippen molar-refractivity contribution in [3.63, 3.8) is 0 Å². The summed E-state index contributed by atoms with van der Waals surface area (Å²) in [5, 5.41) is 6.72. The number of hydrogen-bond acceptors (Lipinski definition) is 7. The topological polar surface area (TPSA) is 75.4 Å². The van der Waals surface area contributed by atoms with Crippen LogP contribution in [0.2, 0.25) is 0 Å². The van der Waals surface area contributed by atoms with E-state index in [-0.39, 0.29) is 5.91 Å². The van der Waals surface area contributed by atoms with Crippen molar-refractivity contribution >= 4 is 17.2 Å². The molecule has 8 heteroatoms. The summed E-state index contributed by atoms with van der Waals surface area (Å²) in [6, 6.07) is 7.71. The van der Waals surface area contributed by atoms with Crippen LogP contribution in [-0.2, 0) is 17.8 Å². The third-order valence-corrected chi connectivity index (χ3v) is 5.46. The molecule has 0 saturated carbocycles. The van der Waals surface area contributed by atoms with Gasteiger partial charge in [-0.3, -0.25) is 14.7 Å². The molecule has 0 bridgehead atoms. The highest BCUT2D eigenvalue weighted by Crippen LogP contribution is 2.22. The minimum absolute atomic E-state index is 0.128. The van der Waals surface area contributed by atoms with E-state index < -0.39 is 0 Å². The first-order valence-electron chi connectivity index (χ1n) is 8.95. The summed E-state index contributed by atoms with van der Waals surface area (Å²) >= 11 is 1.53. The van der Waals surface area contributed by atoms with Gasteiger partial charge in [0.1, 0.15) is 5.01 Å². The molecule has 1 amide bonds. The number of thiazole rings is 1. The van der Waals surface area contributed by atoms with Gasteiger partial charge < -0.3 is 9.42 Å². The van der Waals surface area contributed by atoms with Crippen LogP contribution in [0, 0.1) is 6.92 Å². The Labute approximate surface area is 161 Å². The first kappa shape index (κ1) is 17.8. The molecular weight excluding hydrogens is 362 g/mol. The maximum atomic E-state index is 12.6. The fourth-order valence-electron chi connectivity index (χ4n) is 3.13. The van der Waals surface area contributed by atoms with Gasteiger partial charge in [0, 0.05) is 43.8 Å². The minimum atomic E-state index is 0.128. The SMILES string of the molecule is Cc1cc(CN2CCN(C(=O)Cc3csc(-c4ccccn4)n3)CC2)on1. The Morgan fingerprint density at radius 1 is 1.26 bits per heavy atom. The van der Waals surface area contributed by atoms with Crippen LogP contribution in [0.5, 0.6) is 0 Å².